The Hall–Kier alpha value is -3.83. The van der Waals surface area contributed by atoms with Gasteiger partial charge in [0.25, 0.3) is 0 Å². The van der Waals surface area contributed by atoms with Gasteiger partial charge < -0.3 is 15.1 Å². The summed E-state index contributed by atoms with van der Waals surface area (Å²) in [4.78, 5) is 22.0. The third-order valence-electron chi connectivity index (χ3n) is 8.21. The third kappa shape index (κ3) is 5.71. The van der Waals surface area contributed by atoms with Gasteiger partial charge in [-0.1, -0.05) is 49.1 Å². The van der Waals surface area contributed by atoms with Crippen molar-refractivity contribution in [2.24, 2.45) is 0 Å². The molecule has 1 aliphatic heterocycles. The minimum absolute atomic E-state index is 0.0957. The first kappa shape index (κ1) is 26.4. The van der Waals surface area contributed by atoms with Gasteiger partial charge >= 0.3 is 0 Å². The monoisotopic (exact) mass is 550 g/mol. The standard InChI is InChI=1S/C34H35ClN4O/c1-38(23-24-17-19-36-20-18-24)30-13-15-31(16-14-30)39-33(40)21-26-9-12-29(37-28-5-3-2-4-6-28)22-32(26)34(39)25-7-10-27(35)11-8-25/h7-20,22,28,34,37H,2-6,21,23H2,1H3. The molecule has 1 aromatic heterocycles. The SMILES string of the molecule is CN(Cc1ccncc1)c1ccc(N2C(=O)Cc3ccc(NC4CCCCC4)cc3C2c2ccc(Cl)cc2)cc1. The molecule has 5 nitrogen and oxygen atoms in total. The van der Waals surface area contributed by atoms with E-state index in [1.165, 1.54) is 43.2 Å². The van der Waals surface area contributed by atoms with Gasteiger partial charge in [0.05, 0.1) is 12.5 Å². The number of halogens is 1. The van der Waals surface area contributed by atoms with Crippen LogP contribution in [0, 0.1) is 0 Å². The topological polar surface area (TPSA) is 48.5 Å². The van der Waals surface area contributed by atoms with Crippen molar-refractivity contribution in [1.82, 2.24) is 4.98 Å². The maximum atomic E-state index is 13.7. The van der Waals surface area contributed by atoms with E-state index >= 15 is 0 Å². The molecule has 1 atom stereocenters. The van der Waals surface area contributed by atoms with Gasteiger partial charge in [0.2, 0.25) is 5.91 Å². The van der Waals surface area contributed by atoms with Crippen LogP contribution in [0.15, 0.2) is 91.3 Å². The zero-order valence-corrected chi connectivity index (χ0v) is 23.6. The molecule has 0 bridgehead atoms. The van der Waals surface area contributed by atoms with Gasteiger partial charge in [-0.3, -0.25) is 9.78 Å². The maximum absolute atomic E-state index is 13.7. The zero-order chi connectivity index (χ0) is 27.5. The summed E-state index contributed by atoms with van der Waals surface area (Å²) in [5.41, 5.74) is 7.62. The highest BCUT2D eigenvalue weighted by atomic mass is 35.5. The number of amides is 1. The highest BCUT2D eigenvalue weighted by Crippen LogP contribution is 2.41. The number of anilines is 3. The van der Waals surface area contributed by atoms with Crippen LogP contribution in [0.2, 0.25) is 5.02 Å². The molecule has 1 N–H and O–H groups in total. The van der Waals surface area contributed by atoms with Crippen molar-refractivity contribution in [3.63, 3.8) is 0 Å². The van der Waals surface area contributed by atoms with Gasteiger partial charge in [-0.15, -0.1) is 0 Å². The van der Waals surface area contributed by atoms with Gasteiger partial charge in [0.1, 0.15) is 0 Å². The van der Waals surface area contributed by atoms with Gasteiger partial charge in [-0.2, -0.15) is 0 Å². The van der Waals surface area contributed by atoms with E-state index in [1.54, 1.807) is 0 Å². The minimum Gasteiger partial charge on any atom is -0.382 e. The summed E-state index contributed by atoms with van der Waals surface area (Å²) in [6, 6.07) is 27.1. The summed E-state index contributed by atoms with van der Waals surface area (Å²) < 4.78 is 0. The lowest BCUT2D eigenvalue weighted by atomic mass is 9.86. The van der Waals surface area contributed by atoms with Crippen LogP contribution < -0.4 is 15.1 Å². The lowest BCUT2D eigenvalue weighted by Gasteiger charge is -2.38. The van der Waals surface area contributed by atoms with E-state index in [-0.39, 0.29) is 11.9 Å². The first-order valence-corrected chi connectivity index (χ1v) is 14.6. The molecule has 2 heterocycles. The van der Waals surface area contributed by atoms with Crippen molar-refractivity contribution in [2.45, 2.75) is 57.2 Å². The lowest BCUT2D eigenvalue weighted by molar-refractivity contribution is -0.118. The molecule has 0 radical (unpaired) electrons. The molecular weight excluding hydrogens is 516 g/mol. The molecule has 4 aromatic rings. The van der Waals surface area contributed by atoms with E-state index in [9.17, 15) is 4.79 Å². The number of rotatable bonds is 7. The fourth-order valence-electron chi connectivity index (χ4n) is 6.10. The van der Waals surface area contributed by atoms with E-state index in [0.29, 0.717) is 17.5 Å². The van der Waals surface area contributed by atoms with Crippen LogP contribution in [-0.2, 0) is 17.8 Å². The second kappa shape index (κ2) is 11.7. The van der Waals surface area contributed by atoms with Gasteiger partial charge in [0, 0.05) is 54.1 Å². The van der Waals surface area contributed by atoms with E-state index < -0.39 is 0 Å². The Balaban J connectivity index is 1.33. The molecular formula is C34H35ClN4O. The Morgan fingerprint density at radius 2 is 1.65 bits per heavy atom. The van der Waals surface area contributed by atoms with Crippen LogP contribution in [0.1, 0.15) is 60.4 Å². The first-order valence-electron chi connectivity index (χ1n) is 14.2. The van der Waals surface area contributed by atoms with E-state index in [4.69, 9.17) is 11.6 Å². The molecule has 6 heteroatoms. The molecule has 0 saturated heterocycles. The number of benzene rings is 3. The first-order chi connectivity index (χ1) is 19.5. The number of fused-ring (bicyclic) bond motifs is 1. The molecule has 1 amide bonds. The average molecular weight is 551 g/mol. The number of hydrogen-bond acceptors (Lipinski definition) is 4. The van der Waals surface area contributed by atoms with Gasteiger partial charge in [-0.05, 0) is 95.8 Å². The van der Waals surface area contributed by atoms with E-state index in [1.807, 2.05) is 53.7 Å². The van der Waals surface area contributed by atoms with Crippen molar-refractivity contribution >= 4 is 34.6 Å². The maximum Gasteiger partial charge on any atom is 0.232 e. The summed E-state index contributed by atoms with van der Waals surface area (Å²) in [7, 11) is 2.08. The Morgan fingerprint density at radius 1 is 0.925 bits per heavy atom. The highest BCUT2D eigenvalue weighted by Gasteiger charge is 2.35. The molecule has 1 aliphatic carbocycles. The molecule has 1 fully saturated rings. The van der Waals surface area contributed by atoms with Gasteiger partial charge in [-0.25, -0.2) is 0 Å². The smallest absolute Gasteiger partial charge is 0.232 e. The van der Waals surface area contributed by atoms with Crippen LogP contribution >= 0.6 is 11.6 Å². The number of nitrogens with one attached hydrogen (secondary N) is 1. The predicted octanol–water partition coefficient (Wildman–Crippen LogP) is 7.79. The molecule has 3 aromatic carbocycles. The molecule has 0 spiro atoms. The Morgan fingerprint density at radius 3 is 2.38 bits per heavy atom. The van der Waals surface area contributed by atoms with Crippen molar-refractivity contribution in [3.8, 4) is 0 Å². The average Bonchev–Trinajstić information content (AvgIpc) is 2.98. The number of hydrogen-bond donors (Lipinski definition) is 1. The number of nitrogens with zero attached hydrogens (tertiary/aromatic N) is 3. The van der Waals surface area contributed by atoms with Crippen molar-refractivity contribution in [3.05, 3.63) is 119 Å². The molecule has 2 aliphatic rings. The zero-order valence-electron chi connectivity index (χ0n) is 22.9. The fraction of sp³-hybridized carbons (Fsp3) is 0.294. The summed E-state index contributed by atoms with van der Waals surface area (Å²) in [5, 5.41) is 4.47. The normalized spacial score (nSPS) is 17.4. The van der Waals surface area contributed by atoms with Crippen LogP contribution in [-0.4, -0.2) is 24.0 Å². The largest absolute Gasteiger partial charge is 0.382 e. The van der Waals surface area contributed by atoms with Crippen molar-refractivity contribution in [2.75, 3.05) is 22.2 Å². The summed E-state index contributed by atoms with van der Waals surface area (Å²) in [6.45, 7) is 0.780. The number of pyridine rings is 1. The quantitative estimate of drug-likeness (QED) is 0.255. The van der Waals surface area contributed by atoms with Crippen LogP contribution in [0.25, 0.3) is 0 Å². The fourth-order valence-corrected chi connectivity index (χ4v) is 6.23. The highest BCUT2D eigenvalue weighted by molar-refractivity contribution is 6.30. The molecule has 1 unspecified atom stereocenters. The number of carbonyl (C=O) groups is 1. The molecule has 204 valence electrons. The van der Waals surface area contributed by atoms with Gasteiger partial charge in [0.15, 0.2) is 0 Å². The molecule has 1 saturated carbocycles. The Kier molecular flexibility index (Phi) is 7.74. The second-order valence-corrected chi connectivity index (χ2v) is 11.5. The lowest BCUT2D eigenvalue weighted by Crippen LogP contribution is -2.41. The van der Waals surface area contributed by atoms with Crippen molar-refractivity contribution in [1.29, 1.82) is 0 Å². The molecule has 6 rings (SSSR count). The summed E-state index contributed by atoms with van der Waals surface area (Å²) >= 11 is 6.27. The molecule has 40 heavy (non-hydrogen) atoms. The third-order valence-corrected chi connectivity index (χ3v) is 8.46. The Labute approximate surface area is 241 Å². The minimum atomic E-state index is -0.234. The Bertz CT molecular complexity index is 1450. The summed E-state index contributed by atoms with van der Waals surface area (Å²) in [6.07, 6.45) is 10.3. The van der Waals surface area contributed by atoms with Crippen LogP contribution in [0.4, 0.5) is 17.1 Å². The second-order valence-electron chi connectivity index (χ2n) is 11.0. The van der Waals surface area contributed by atoms with Crippen LogP contribution in [0.3, 0.4) is 0 Å². The number of aromatic nitrogens is 1. The van der Waals surface area contributed by atoms with E-state index in [2.05, 4.69) is 64.7 Å². The summed E-state index contributed by atoms with van der Waals surface area (Å²) in [5.74, 6) is 0.0957. The number of carbonyl (C=O) groups excluding carboxylic acids is 1. The van der Waals surface area contributed by atoms with Crippen molar-refractivity contribution < 1.29 is 4.79 Å². The van der Waals surface area contributed by atoms with Crippen LogP contribution in [0.5, 0.6) is 0 Å². The predicted molar refractivity (Wildman–Crippen MR) is 164 cm³/mol. The van der Waals surface area contributed by atoms with E-state index in [0.717, 1.165) is 34.7 Å².